The molecule has 0 aromatic carbocycles. The van der Waals surface area contributed by atoms with E-state index in [4.69, 9.17) is 4.74 Å². The summed E-state index contributed by atoms with van der Waals surface area (Å²) < 4.78 is 5.30. The molecule has 0 saturated carbocycles. The lowest BCUT2D eigenvalue weighted by Crippen LogP contribution is -2.31. The molecule has 2 bridgehead atoms. The van der Waals surface area contributed by atoms with E-state index in [9.17, 15) is 10.2 Å². The van der Waals surface area contributed by atoms with Crippen molar-refractivity contribution in [1.29, 1.82) is 0 Å². The first kappa shape index (κ1) is 6.91. The van der Waals surface area contributed by atoms with Crippen molar-refractivity contribution in [2.45, 2.75) is 24.4 Å². The maximum atomic E-state index is 9.28. The number of aliphatic hydroxyl groups excluding tert-OH is 2. The molecule has 0 aliphatic carbocycles. The Labute approximate surface area is 63.4 Å². The van der Waals surface area contributed by atoms with Crippen molar-refractivity contribution >= 4 is 11.8 Å². The minimum absolute atomic E-state index is 0.126. The topological polar surface area (TPSA) is 49.7 Å². The molecule has 2 aliphatic heterocycles. The van der Waals surface area contributed by atoms with E-state index in [0.29, 0.717) is 0 Å². The molecule has 2 saturated heterocycles. The third-order valence-electron chi connectivity index (χ3n) is 2.03. The zero-order chi connectivity index (χ0) is 7.14. The van der Waals surface area contributed by atoms with E-state index < -0.39 is 12.2 Å². The maximum Gasteiger partial charge on any atom is 0.109 e. The molecule has 0 amide bonds. The number of hydrogen-bond donors (Lipinski definition) is 2. The summed E-state index contributed by atoms with van der Waals surface area (Å²) in [6.07, 6.45) is -1.56. The van der Waals surface area contributed by atoms with E-state index in [1.807, 2.05) is 0 Å². The molecule has 0 radical (unpaired) electrons. The smallest absolute Gasteiger partial charge is 0.109 e. The highest BCUT2D eigenvalue weighted by atomic mass is 32.2. The minimum atomic E-state index is -0.653. The molecule has 2 aliphatic rings. The lowest BCUT2D eigenvalue weighted by Gasteiger charge is -2.19. The normalized spacial score (nSPS) is 53.4. The molecule has 0 aromatic rings. The van der Waals surface area contributed by atoms with Crippen LogP contribution in [0.1, 0.15) is 0 Å². The maximum absolute atomic E-state index is 9.28. The van der Waals surface area contributed by atoms with E-state index in [1.165, 1.54) is 0 Å². The first-order valence-electron chi connectivity index (χ1n) is 3.38. The number of thioether (sulfide) groups is 1. The van der Waals surface area contributed by atoms with Gasteiger partial charge in [0.1, 0.15) is 12.2 Å². The standard InChI is InChI=1S/C6H10O3S/c7-5-3-1-10-2-4(9-3)6(5)8/h3-8H,1-2H2/t3-,4+,5-,6-/m1/s1. The van der Waals surface area contributed by atoms with Gasteiger partial charge in [-0.25, -0.2) is 0 Å². The van der Waals surface area contributed by atoms with Crippen molar-refractivity contribution < 1.29 is 14.9 Å². The Morgan fingerprint density at radius 1 is 1.10 bits per heavy atom. The molecule has 4 atom stereocenters. The van der Waals surface area contributed by atoms with Crippen molar-refractivity contribution in [2.24, 2.45) is 0 Å². The second-order valence-electron chi connectivity index (χ2n) is 2.73. The van der Waals surface area contributed by atoms with Crippen molar-refractivity contribution in [3.05, 3.63) is 0 Å². The summed E-state index contributed by atoms with van der Waals surface area (Å²) >= 11 is 1.74. The van der Waals surface area contributed by atoms with Crippen LogP contribution in [0.15, 0.2) is 0 Å². The van der Waals surface area contributed by atoms with Gasteiger partial charge >= 0.3 is 0 Å². The van der Waals surface area contributed by atoms with Crippen molar-refractivity contribution in [2.75, 3.05) is 11.5 Å². The highest BCUT2D eigenvalue weighted by molar-refractivity contribution is 7.99. The molecule has 2 rings (SSSR count). The van der Waals surface area contributed by atoms with E-state index >= 15 is 0 Å². The van der Waals surface area contributed by atoms with Gasteiger partial charge in [0.25, 0.3) is 0 Å². The number of aliphatic hydroxyl groups is 2. The van der Waals surface area contributed by atoms with Crippen LogP contribution in [0.3, 0.4) is 0 Å². The lowest BCUT2D eigenvalue weighted by atomic mass is 10.1. The van der Waals surface area contributed by atoms with Gasteiger partial charge in [0.05, 0.1) is 12.2 Å². The van der Waals surface area contributed by atoms with Gasteiger partial charge in [-0.3, -0.25) is 0 Å². The number of fused-ring (bicyclic) bond motifs is 2. The summed E-state index contributed by atoms with van der Waals surface area (Å²) in [6, 6.07) is 0. The van der Waals surface area contributed by atoms with Gasteiger partial charge in [-0.05, 0) is 0 Å². The molecule has 2 fully saturated rings. The van der Waals surface area contributed by atoms with Gasteiger partial charge in [-0.1, -0.05) is 0 Å². The zero-order valence-electron chi connectivity index (χ0n) is 5.43. The molecule has 0 spiro atoms. The Bertz CT molecular complexity index is 123. The molecule has 0 aromatic heterocycles. The fraction of sp³-hybridized carbons (Fsp3) is 1.00. The van der Waals surface area contributed by atoms with E-state index in [2.05, 4.69) is 0 Å². The Morgan fingerprint density at radius 3 is 2.00 bits per heavy atom. The van der Waals surface area contributed by atoms with E-state index in [-0.39, 0.29) is 12.2 Å². The number of rotatable bonds is 0. The SMILES string of the molecule is O[C@H]1[C@H](O)[C@H]2CSC[C@@H]1O2. The van der Waals surface area contributed by atoms with Crippen LogP contribution in [0.2, 0.25) is 0 Å². The molecular weight excluding hydrogens is 152 g/mol. The molecule has 58 valence electrons. The molecule has 2 heterocycles. The van der Waals surface area contributed by atoms with Crippen LogP contribution in [0, 0.1) is 0 Å². The molecular formula is C6H10O3S. The van der Waals surface area contributed by atoms with Gasteiger partial charge in [0.2, 0.25) is 0 Å². The predicted octanol–water partition coefficient (Wildman–Crippen LogP) is -0.778. The number of hydrogen-bond acceptors (Lipinski definition) is 4. The molecule has 2 N–H and O–H groups in total. The van der Waals surface area contributed by atoms with Gasteiger partial charge in [0, 0.05) is 11.5 Å². The lowest BCUT2D eigenvalue weighted by molar-refractivity contribution is 0.0274. The predicted molar refractivity (Wildman–Crippen MR) is 38.0 cm³/mol. The Hall–Kier alpha value is 0.230. The summed E-state index contributed by atoms with van der Waals surface area (Å²) in [5.74, 6) is 1.63. The monoisotopic (exact) mass is 162 g/mol. The van der Waals surface area contributed by atoms with Crippen molar-refractivity contribution in [3.63, 3.8) is 0 Å². The van der Waals surface area contributed by atoms with E-state index in [1.54, 1.807) is 11.8 Å². The summed E-state index contributed by atoms with van der Waals surface area (Å²) in [5.41, 5.74) is 0. The average molecular weight is 162 g/mol. The van der Waals surface area contributed by atoms with Gasteiger partial charge < -0.3 is 14.9 Å². The van der Waals surface area contributed by atoms with Crippen LogP contribution >= 0.6 is 11.8 Å². The van der Waals surface area contributed by atoms with E-state index in [0.717, 1.165) is 11.5 Å². The van der Waals surface area contributed by atoms with Crippen LogP contribution in [0.4, 0.5) is 0 Å². The summed E-state index contributed by atoms with van der Waals surface area (Å²) in [7, 11) is 0. The Balaban J connectivity index is 2.13. The van der Waals surface area contributed by atoms with Gasteiger partial charge in [0.15, 0.2) is 0 Å². The molecule has 4 heteroatoms. The van der Waals surface area contributed by atoms with Crippen LogP contribution in [0.5, 0.6) is 0 Å². The van der Waals surface area contributed by atoms with Gasteiger partial charge in [-0.15, -0.1) is 0 Å². The quantitative estimate of drug-likeness (QED) is 0.491. The van der Waals surface area contributed by atoms with Crippen LogP contribution < -0.4 is 0 Å². The summed E-state index contributed by atoms with van der Waals surface area (Å²) in [5, 5.41) is 18.6. The first-order chi connectivity index (χ1) is 4.79. The minimum Gasteiger partial charge on any atom is -0.388 e. The average Bonchev–Trinajstić information content (AvgIpc) is 2.17. The summed E-state index contributed by atoms with van der Waals surface area (Å²) in [6.45, 7) is 0. The highest BCUT2D eigenvalue weighted by Crippen LogP contribution is 2.31. The third kappa shape index (κ3) is 0.871. The summed E-state index contributed by atoms with van der Waals surface area (Å²) in [4.78, 5) is 0. The van der Waals surface area contributed by atoms with Crippen LogP contribution in [0.25, 0.3) is 0 Å². The Morgan fingerprint density at radius 2 is 1.60 bits per heavy atom. The zero-order valence-corrected chi connectivity index (χ0v) is 6.25. The van der Waals surface area contributed by atoms with Gasteiger partial charge in [-0.2, -0.15) is 11.8 Å². The number of ether oxygens (including phenoxy) is 1. The fourth-order valence-corrected chi connectivity index (χ4v) is 2.55. The van der Waals surface area contributed by atoms with Crippen LogP contribution in [-0.4, -0.2) is 46.1 Å². The first-order valence-corrected chi connectivity index (χ1v) is 4.54. The fourth-order valence-electron chi connectivity index (χ4n) is 1.40. The molecule has 0 unspecified atom stereocenters. The molecule has 3 nitrogen and oxygen atoms in total. The largest absolute Gasteiger partial charge is 0.388 e. The third-order valence-corrected chi connectivity index (χ3v) is 3.15. The van der Waals surface area contributed by atoms with Crippen LogP contribution in [-0.2, 0) is 4.74 Å². The van der Waals surface area contributed by atoms with Crippen molar-refractivity contribution in [1.82, 2.24) is 0 Å². The molecule has 10 heavy (non-hydrogen) atoms. The highest BCUT2D eigenvalue weighted by Gasteiger charge is 2.44. The van der Waals surface area contributed by atoms with Crippen molar-refractivity contribution in [3.8, 4) is 0 Å². The second kappa shape index (κ2) is 2.37. The Kier molecular flexibility index (Phi) is 1.64. The second-order valence-corrected chi connectivity index (χ2v) is 3.81.